The topological polar surface area (TPSA) is 55.4 Å². The summed E-state index contributed by atoms with van der Waals surface area (Å²) in [6.07, 6.45) is 1.56. The SMILES string of the molecule is CC(C)(C)NCc1ccnc(NCC2COCCO2)c1F. The Hall–Kier alpha value is -1.24. The van der Waals surface area contributed by atoms with Crippen molar-refractivity contribution in [3.05, 3.63) is 23.6 Å². The zero-order valence-electron chi connectivity index (χ0n) is 12.9. The average Bonchev–Trinajstić information content (AvgIpc) is 2.45. The van der Waals surface area contributed by atoms with Gasteiger partial charge < -0.3 is 20.1 Å². The van der Waals surface area contributed by atoms with Crippen molar-refractivity contribution < 1.29 is 13.9 Å². The van der Waals surface area contributed by atoms with E-state index in [1.807, 2.05) is 20.8 Å². The van der Waals surface area contributed by atoms with Crippen molar-refractivity contribution in [3.8, 4) is 0 Å². The molecule has 1 aliphatic heterocycles. The number of anilines is 1. The van der Waals surface area contributed by atoms with Crippen LogP contribution in [0.5, 0.6) is 0 Å². The number of nitrogens with one attached hydrogen (secondary N) is 2. The number of hydrogen-bond donors (Lipinski definition) is 2. The molecule has 118 valence electrons. The van der Waals surface area contributed by atoms with Gasteiger partial charge in [-0.15, -0.1) is 0 Å². The van der Waals surface area contributed by atoms with Crippen molar-refractivity contribution in [2.45, 2.75) is 39.0 Å². The molecule has 1 unspecified atom stereocenters. The summed E-state index contributed by atoms with van der Waals surface area (Å²) >= 11 is 0. The smallest absolute Gasteiger partial charge is 0.169 e. The van der Waals surface area contributed by atoms with Gasteiger partial charge in [0.15, 0.2) is 11.6 Å². The van der Waals surface area contributed by atoms with Gasteiger partial charge in [-0.1, -0.05) is 0 Å². The molecule has 2 N–H and O–H groups in total. The summed E-state index contributed by atoms with van der Waals surface area (Å²) in [5.74, 6) is -0.0524. The number of hydrogen-bond acceptors (Lipinski definition) is 5. The highest BCUT2D eigenvalue weighted by atomic mass is 19.1. The van der Waals surface area contributed by atoms with Crippen molar-refractivity contribution in [2.75, 3.05) is 31.7 Å². The summed E-state index contributed by atoms with van der Waals surface area (Å²) in [5, 5.41) is 6.27. The lowest BCUT2D eigenvalue weighted by Crippen LogP contribution is -2.35. The summed E-state index contributed by atoms with van der Waals surface area (Å²) in [4.78, 5) is 4.06. The summed E-state index contributed by atoms with van der Waals surface area (Å²) in [6, 6.07) is 1.69. The number of rotatable bonds is 5. The van der Waals surface area contributed by atoms with Gasteiger partial charge in [0.2, 0.25) is 0 Å². The van der Waals surface area contributed by atoms with Crippen molar-refractivity contribution in [3.63, 3.8) is 0 Å². The van der Waals surface area contributed by atoms with Crippen molar-refractivity contribution in [2.24, 2.45) is 0 Å². The molecule has 0 bridgehead atoms. The number of ether oxygens (including phenoxy) is 2. The maximum Gasteiger partial charge on any atom is 0.169 e. The van der Waals surface area contributed by atoms with Gasteiger partial charge in [0.05, 0.1) is 25.9 Å². The van der Waals surface area contributed by atoms with Crippen LogP contribution < -0.4 is 10.6 Å². The fourth-order valence-corrected chi connectivity index (χ4v) is 1.97. The molecule has 1 aromatic rings. The zero-order chi connectivity index (χ0) is 15.3. The first-order chi connectivity index (χ1) is 9.96. The zero-order valence-corrected chi connectivity index (χ0v) is 12.9. The molecule has 2 rings (SSSR count). The Morgan fingerprint density at radius 1 is 1.38 bits per heavy atom. The van der Waals surface area contributed by atoms with E-state index >= 15 is 0 Å². The summed E-state index contributed by atoms with van der Waals surface area (Å²) in [6.45, 7) is 8.83. The van der Waals surface area contributed by atoms with Crippen molar-refractivity contribution >= 4 is 5.82 Å². The van der Waals surface area contributed by atoms with Crippen LogP contribution in [0.1, 0.15) is 26.3 Å². The molecule has 5 nitrogen and oxygen atoms in total. The molecule has 1 saturated heterocycles. The van der Waals surface area contributed by atoms with Gasteiger partial charge in [0, 0.05) is 30.4 Å². The van der Waals surface area contributed by atoms with Crippen LogP contribution in [0.2, 0.25) is 0 Å². The molecule has 1 aromatic heterocycles. The van der Waals surface area contributed by atoms with Crippen LogP contribution in [0.25, 0.3) is 0 Å². The van der Waals surface area contributed by atoms with E-state index in [-0.39, 0.29) is 23.3 Å². The van der Waals surface area contributed by atoms with Gasteiger partial charge in [0.25, 0.3) is 0 Å². The molecule has 6 heteroatoms. The number of nitrogens with zero attached hydrogens (tertiary/aromatic N) is 1. The maximum atomic E-state index is 14.4. The van der Waals surface area contributed by atoms with Crippen LogP contribution in [0.3, 0.4) is 0 Å². The number of pyridine rings is 1. The number of aromatic nitrogens is 1. The molecule has 0 amide bonds. The molecule has 21 heavy (non-hydrogen) atoms. The van der Waals surface area contributed by atoms with Crippen LogP contribution in [-0.2, 0) is 16.0 Å². The Labute approximate surface area is 125 Å². The maximum absolute atomic E-state index is 14.4. The minimum atomic E-state index is -0.314. The fourth-order valence-electron chi connectivity index (χ4n) is 1.97. The van der Waals surface area contributed by atoms with E-state index in [0.717, 1.165) is 0 Å². The lowest BCUT2D eigenvalue weighted by molar-refractivity contribution is -0.0819. The minimum Gasteiger partial charge on any atom is -0.376 e. The average molecular weight is 297 g/mol. The van der Waals surface area contributed by atoms with Gasteiger partial charge >= 0.3 is 0 Å². The molecule has 1 fully saturated rings. The first-order valence-corrected chi connectivity index (χ1v) is 7.27. The van der Waals surface area contributed by atoms with Gasteiger partial charge in [0.1, 0.15) is 0 Å². The van der Waals surface area contributed by atoms with E-state index in [0.29, 0.717) is 38.5 Å². The minimum absolute atomic E-state index is 0.0590. The van der Waals surface area contributed by atoms with E-state index in [2.05, 4.69) is 15.6 Å². The third kappa shape index (κ3) is 5.22. The highest BCUT2D eigenvalue weighted by Gasteiger charge is 2.17. The molecule has 1 aliphatic rings. The van der Waals surface area contributed by atoms with E-state index < -0.39 is 0 Å². The summed E-state index contributed by atoms with van der Waals surface area (Å²) in [7, 11) is 0. The van der Waals surface area contributed by atoms with E-state index in [1.54, 1.807) is 12.3 Å². The standard InChI is InChI=1S/C15H24FN3O2/c1-15(2,3)19-8-11-4-5-17-14(13(11)16)18-9-12-10-20-6-7-21-12/h4-5,12,19H,6-10H2,1-3H3,(H,17,18). The van der Waals surface area contributed by atoms with E-state index in [9.17, 15) is 4.39 Å². The quantitative estimate of drug-likeness (QED) is 0.870. The van der Waals surface area contributed by atoms with E-state index in [4.69, 9.17) is 9.47 Å². The molecule has 0 saturated carbocycles. The number of halogens is 1. The molecule has 0 aromatic carbocycles. The summed E-state index contributed by atoms with van der Waals surface area (Å²) < 4.78 is 25.2. The molecule has 0 radical (unpaired) electrons. The van der Waals surface area contributed by atoms with Gasteiger partial charge in [-0.3, -0.25) is 0 Å². The van der Waals surface area contributed by atoms with Crippen molar-refractivity contribution in [1.82, 2.24) is 10.3 Å². The van der Waals surface area contributed by atoms with Crippen LogP contribution in [0.15, 0.2) is 12.3 Å². The normalized spacial score (nSPS) is 19.5. The third-order valence-corrected chi connectivity index (χ3v) is 3.16. The molecule has 2 heterocycles. The highest BCUT2D eigenvalue weighted by Crippen LogP contribution is 2.16. The first kappa shape index (κ1) is 16.1. The molecular weight excluding hydrogens is 273 g/mol. The summed E-state index contributed by atoms with van der Waals surface area (Å²) in [5.41, 5.74) is 0.541. The largest absolute Gasteiger partial charge is 0.376 e. The van der Waals surface area contributed by atoms with Crippen molar-refractivity contribution in [1.29, 1.82) is 0 Å². The highest BCUT2D eigenvalue weighted by molar-refractivity contribution is 5.40. The van der Waals surface area contributed by atoms with Crippen LogP contribution in [0, 0.1) is 5.82 Å². The predicted molar refractivity (Wildman–Crippen MR) is 79.8 cm³/mol. The Morgan fingerprint density at radius 2 is 2.19 bits per heavy atom. The van der Waals surface area contributed by atoms with Crippen LogP contribution >= 0.6 is 0 Å². The second kappa shape index (κ2) is 7.15. The third-order valence-electron chi connectivity index (χ3n) is 3.16. The Morgan fingerprint density at radius 3 is 2.86 bits per heavy atom. The van der Waals surface area contributed by atoms with Crippen LogP contribution in [-0.4, -0.2) is 43.0 Å². The van der Waals surface area contributed by atoms with Gasteiger partial charge in [-0.05, 0) is 26.8 Å². The van der Waals surface area contributed by atoms with E-state index in [1.165, 1.54) is 0 Å². The molecule has 1 atom stereocenters. The van der Waals surface area contributed by atoms with Crippen LogP contribution in [0.4, 0.5) is 10.2 Å². The lowest BCUT2D eigenvalue weighted by Gasteiger charge is -2.24. The van der Waals surface area contributed by atoms with Gasteiger partial charge in [-0.2, -0.15) is 0 Å². The second-order valence-electron chi connectivity index (χ2n) is 6.18. The second-order valence-corrected chi connectivity index (χ2v) is 6.18. The first-order valence-electron chi connectivity index (χ1n) is 7.27. The fraction of sp³-hybridized carbons (Fsp3) is 0.667. The lowest BCUT2D eigenvalue weighted by atomic mass is 10.1. The Bertz CT molecular complexity index is 457. The molecule has 0 aliphatic carbocycles. The van der Waals surface area contributed by atoms with Gasteiger partial charge in [-0.25, -0.2) is 9.37 Å². The predicted octanol–water partition coefficient (Wildman–Crippen LogP) is 1.94. The Balaban J connectivity index is 1.93. The Kier molecular flexibility index (Phi) is 5.50. The molecule has 0 spiro atoms. The monoisotopic (exact) mass is 297 g/mol. The molecular formula is C15H24FN3O2.